The molecule has 1 fully saturated rings. The van der Waals surface area contributed by atoms with E-state index in [4.69, 9.17) is 9.26 Å². The van der Waals surface area contributed by atoms with Crippen molar-refractivity contribution in [1.82, 2.24) is 25.0 Å². The molecule has 0 bridgehead atoms. The second kappa shape index (κ2) is 8.75. The molecular weight excluding hydrogens is 390 g/mol. The Balaban J connectivity index is 1.40. The first-order chi connectivity index (χ1) is 14.8. The van der Waals surface area contributed by atoms with Crippen LogP contribution in [0.2, 0.25) is 0 Å². The highest BCUT2D eigenvalue weighted by molar-refractivity contribution is 5.44. The van der Waals surface area contributed by atoms with Crippen LogP contribution in [0.3, 0.4) is 0 Å². The van der Waals surface area contributed by atoms with E-state index < -0.39 is 0 Å². The molecule has 0 radical (unpaired) electrons. The number of ether oxygens (including phenoxy) is 1. The third-order valence-electron chi connectivity index (χ3n) is 5.93. The molecule has 164 valence electrons. The van der Waals surface area contributed by atoms with E-state index in [1.165, 1.54) is 11.1 Å². The predicted molar refractivity (Wildman–Crippen MR) is 119 cm³/mol. The molecule has 0 amide bonds. The summed E-state index contributed by atoms with van der Waals surface area (Å²) in [6.07, 6.45) is 5.38. The summed E-state index contributed by atoms with van der Waals surface area (Å²) in [6, 6.07) is 6.55. The van der Waals surface area contributed by atoms with Gasteiger partial charge in [-0.05, 0) is 49.9 Å². The van der Waals surface area contributed by atoms with E-state index in [0.717, 1.165) is 49.7 Å². The highest BCUT2D eigenvalue weighted by atomic mass is 16.5. The molecule has 7 nitrogen and oxygen atoms in total. The Bertz CT molecular complexity index is 1020. The molecule has 1 aliphatic heterocycles. The molecular formula is C24H31N5O2. The molecule has 3 aromatic rings. The highest BCUT2D eigenvalue weighted by Crippen LogP contribution is 2.32. The Labute approximate surface area is 183 Å². The molecule has 1 aliphatic rings. The van der Waals surface area contributed by atoms with Crippen LogP contribution in [-0.2, 0) is 12.0 Å². The quantitative estimate of drug-likeness (QED) is 0.599. The molecule has 31 heavy (non-hydrogen) atoms. The third kappa shape index (κ3) is 4.93. The summed E-state index contributed by atoms with van der Waals surface area (Å²) in [5.74, 6) is 2.46. The van der Waals surface area contributed by atoms with Gasteiger partial charge >= 0.3 is 0 Å². The van der Waals surface area contributed by atoms with Gasteiger partial charge in [-0.2, -0.15) is 4.98 Å². The number of benzene rings is 1. The Kier molecular flexibility index (Phi) is 6.05. The average molecular weight is 422 g/mol. The maximum Gasteiger partial charge on any atom is 0.278 e. The molecule has 0 N–H and O–H groups in total. The number of aromatic nitrogens is 4. The van der Waals surface area contributed by atoms with Crippen LogP contribution >= 0.6 is 0 Å². The van der Waals surface area contributed by atoms with Crippen LogP contribution in [0.5, 0.6) is 5.75 Å². The first-order valence-electron chi connectivity index (χ1n) is 10.9. The Morgan fingerprint density at radius 2 is 1.90 bits per heavy atom. The normalized spacial score (nSPS) is 15.9. The van der Waals surface area contributed by atoms with Crippen molar-refractivity contribution in [2.75, 3.05) is 20.2 Å². The monoisotopic (exact) mass is 421 g/mol. The lowest BCUT2D eigenvalue weighted by atomic mass is 9.86. The average Bonchev–Trinajstić information content (AvgIpc) is 3.24. The number of nitrogens with zero attached hydrogens (tertiary/aromatic N) is 5. The second-order valence-electron chi connectivity index (χ2n) is 9.33. The van der Waals surface area contributed by atoms with Crippen molar-refractivity contribution in [1.29, 1.82) is 0 Å². The maximum absolute atomic E-state index is 5.63. The van der Waals surface area contributed by atoms with Gasteiger partial charge in [0, 0.05) is 24.2 Å². The van der Waals surface area contributed by atoms with E-state index in [9.17, 15) is 0 Å². The van der Waals surface area contributed by atoms with Gasteiger partial charge in [-0.25, -0.2) is 4.98 Å². The largest absolute Gasteiger partial charge is 0.496 e. The van der Waals surface area contributed by atoms with E-state index in [-0.39, 0.29) is 5.41 Å². The Morgan fingerprint density at radius 1 is 1.13 bits per heavy atom. The summed E-state index contributed by atoms with van der Waals surface area (Å²) >= 11 is 0. The summed E-state index contributed by atoms with van der Waals surface area (Å²) < 4.78 is 11.1. The van der Waals surface area contributed by atoms with Gasteiger partial charge in [-0.1, -0.05) is 38.1 Å². The molecule has 2 aromatic heterocycles. The van der Waals surface area contributed by atoms with Crippen LogP contribution in [0, 0.1) is 6.92 Å². The van der Waals surface area contributed by atoms with Crippen molar-refractivity contribution < 1.29 is 9.26 Å². The van der Waals surface area contributed by atoms with Gasteiger partial charge in [0.05, 0.1) is 19.0 Å². The lowest BCUT2D eigenvalue weighted by molar-refractivity contribution is 0.198. The smallest absolute Gasteiger partial charge is 0.278 e. The fraction of sp³-hybridized carbons (Fsp3) is 0.500. The van der Waals surface area contributed by atoms with Gasteiger partial charge < -0.3 is 9.26 Å². The van der Waals surface area contributed by atoms with Gasteiger partial charge in [0.1, 0.15) is 11.4 Å². The molecule has 0 spiro atoms. The zero-order valence-electron chi connectivity index (χ0n) is 19.1. The lowest BCUT2D eigenvalue weighted by Crippen LogP contribution is -2.33. The number of hydrogen-bond donors (Lipinski definition) is 0. The van der Waals surface area contributed by atoms with Crippen LogP contribution in [0.15, 0.2) is 35.1 Å². The second-order valence-corrected chi connectivity index (χ2v) is 9.33. The van der Waals surface area contributed by atoms with E-state index in [1.54, 1.807) is 19.5 Å². The van der Waals surface area contributed by atoms with Crippen molar-refractivity contribution in [2.45, 2.75) is 58.4 Å². The van der Waals surface area contributed by atoms with Crippen LogP contribution in [-0.4, -0.2) is 45.2 Å². The summed E-state index contributed by atoms with van der Waals surface area (Å²) in [5, 5.41) is 4.22. The van der Waals surface area contributed by atoms with Crippen LogP contribution in [0.1, 0.15) is 62.2 Å². The maximum atomic E-state index is 5.63. The summed E-state index contributed by atoms with van der Waals surface area (Å²) in [4.78, 5) is 15.7. The van der Waals surface area contributed by atoms with Gasteiger partial charge in [0.25, 0.3) is 5.89 Å². The molecule has 0 atom stereocenters. The minimum Gasteiger partial charge on any atom is -0.496 e. The molecule has 3 heterocycles. The number of methoxy groups -OCH3 is 1. The van der Waals surface area contributed by atoms with Crippen LogP contribution < -0.4 is 4.74 Å². The fourth-order valence-corrected chi connectivity index (χ4v) is 3.97. The van der Waals surface area contributed by atoms with E-state index >= 15 is 0 Å². The van der Waals surface area contributed by atoms with Gasteiger partial charge in [0.2, 0.25) is 0 Å². The Morgan fingerprint density at radius 3 is 2.55 bits per heavy atom. The number of hydrogen-bond acceptors (Lipinski definition) is 7. The van der Waals surface area contributed by atoms with Gasteiger partial charge in [-0.15, -0.1) is 0 Å². The van der Waals surface area contributed by atoms with Crippen molar-refractivity contribution in [2.24, 2.45) is 0 Å². The van der Waals surface area contributed by atoms with Crippen LogP contribution in [0.25, 0.3) is 11.6 Å². The zero-order valence-corrected chi connectivity index (χ0v) is 19.1. The molecule has 1 aromatic carbocycles. The van der Waals surface area contributed by atoms with E-state index in [2.05, 4.69) is 64.0 Å². The van der Waals surface area contributed by atoms with Crippen molar-refractivity contribution in [3.63, 3.8) is 0 Å². The molecule has 0 saturated carbocycles. The first-order valence-corrected chi connectivity index (χ1v) is 10.9. The number of piperidine rings is 1. The minimum absolute atomic E-state index is 0.117. The fourth-order valence-electron chi connectivity index (χ4n) is 3.97. The number of rotatable bonds is 5. The van der Waals surface area contributed by atoms with Crippen LogP contribution in [0.4, 0.5) is 0 Å². The molecule has 0 aliphatic carbocycles. The third-order valence-corrected chi connectivity index (χ3v) is 5.93. The lowest BCUT2D eigenvalue weighted by Gasteiger charge is -2.31. The molecule has 4 rings (SSSR count). The summed E-state index contributed by atoms with van der Waals surface area (Å²) in [6.45, 7) is 11.5. The van der Waals surface area contributed by atoms with E-state index in [1.807, 2.05) is 6.92 Å². The van der Waals surface area contributed by atoms with E-state index in [0.29, 0.717) is 17.5 Å². The summed E-state index contributed by atoms with van der Waals surface area (Å²) in [7, 11) is 1.74. The number of likely N-dealkylation sites (tertiary alicyclic amines) is 1. The molecule has 7 heteroatoms. The minimum atomic E-state index is 0.117. The SMILES string of the molecule is COc1ccc(C(C)(C)C)cc1CN1CCC(c2noc(-c3cnc(C)cn3)n2)CC1. The number of aryl methyl sites for hydroxylation is 1. The van der Waals surface area contributed by atoms with Gasteiger partial charge in [0.15, 0.2) is 5.82 Å². The predicted octanol–water partition coefficient (Wildman–Crippen LogP) is 4.52. The molecule has 1 saturated heterocycles. The zero-order chi connectivity index (χ0) is 22.0. The topological polar surface area (TPSA) is 77.2 Å². The standard InChI is InChI=1S/C24H31N5O2/c1-16-13-26-20(14-25-16)23-27-22(28-31-23)17-8-10-29(11-9-17)15-18-12-19(24(2,3)4)6-7-21(18)30-5/h6-7,12-14,17H,8-11,15H2,1-5H3. The highest BCUT2D eigenvalue weighted by Gasteiger charge is 2.26. The Hall–Kier alpha value is -2.80. The van der Waals surface area contributed by atoms with Crippen molar-refractivity contribution in [3.05, 3.63) is 53.2 Å². The first kappa shape index (κ1) is 21.4. The van der Waals surface area contributed by atoms with Crippen molar-refractivity contribution >= 4 is 0 Å². The van der Waals surface area contributed by atoms with Crippen molar-refractivity contribution in [3.8, 4) is 17.3 Å². The molecule has 0 unspecified atom stereocenters. The van der Waals surface area contributed by atoms with Gasteiger partial charge in [-0.3, -0.25) is 9.88 Å². The summed E-state index contributed by atoms with van der Waals surface area (Å²) in [5.41, 5.74) is 4.17.